The minimum atomic E-state index is 0.416. The predicted molar refractivity (Wildman–Crippen MR) is 111 cm³/mol. The molecule has 0 radical (unpaired) electrons. The van der Waals surface area contributed by atoms with Gasteiger partial charge in [-0.05, 0) is 42.2 Å². The van der Waals surface area contributed by atoms with Crippen molar-refractivity contribution in [3.8, 4) is 5.75 Å². The van der Waals surface area contributed by atoms with Crippen LogP contribution in [0.3, 0.4) is 0 Å². The van der Waals surface area contributed by atoms with Crippen molar-refractivity contribution in [1.29, 1.82) is 0 Å². The van der Waals surface area contributed by atoms with E-state index < -0.39 is 0 Å². The Hall–Kier alpha value is -0.980. The molecular formula is C24H42O. The summed E-state index contributed by atoms with van der Waals surface area (Å²) in [6.45, 7) is 9.35. The summed E-state index contributed by atoms with van der Waals surface area (Å²) in [6, 6.07) is 7.80. The highest BCUT2D eigenvalue weighted by molar-refractivity contribution is 5.34. The fraction of sp³-hybridized carbons (Fsp3) is 0.750. The van der Waals surface area contributed by atoms with Crippen LogP contribution in [0.4, 0.5) is 0 Å². The minimum Gasteiger partial charge on any atom is -0.508 e. The second-order valence-corrected chi connectivity index (χ2v) is 8.74. The Labute approximate surface area is 157 Å². The number of phenolic OH excluding ortho intramolecular Hbond substituents is 1. The largest absolute Gasteiger partial charge is 0.508 e. The molecule has 0 amide bonds. The average molecular weight is 347 g/mol. The number of rotatable bonds is 14. The van der Waals surface area contributed by atoms with E-state index in [1.54, 1.807) is 6.07 Å². The Morgan fingerprint density at radius 1 is 0.840 bits per heavy atom. The van der Waals surface area contributed by atoms with Crippen molar-refractivity contribution < 1.29 is 5.11 Å². The second kappa shape index (κ2) is 12.4. The second-order valence-electron chi connectivity index (χ2n) is 8.74. The van der Waals surface area contributed by atoms with Crippen LogP contribution in [0.1, 0.15) is 116 Å². The maximum Gasteiger partial charge on any atom is 0.119 e. The molecule has 1 aromatic carbocycles. The molecule has 0 aromatic heterocycles. The van der Waals surface area contributed by atoms with Crippen LogP contribution >= 0.6 is 0 Å². The van der Waals surface area contributed by atoms with Gasteiger partial charge in [0.1, 0.15) is 5.75 Å². The summed E-state index contributed by atoms with van der Waals surface area (Å²) in [6.07, 6.45) is 16.4. The van der Waals surface area contributed by atoms with Crippen LogP contribution in [0, 0.1) is 5.41 Å². The third-order valence-corrected chi connectivity index (χ3v) is 5.68. The molecule has 0 aliphatic heterocycles. The van der Waals surface area contributed by atoms with Gasteiger partial charge < -0.3 is 5.11 Å². The van der Waals surface area contributed by atoms with Crippen LogP contribution in [0.15, 0.2) is 24.3 Å². The molecule has 0 heterocycles. The molecule has 25 heavy (non-hydrogen) atoms. The van der Waals surface area contributed by atoms with Crippen molar-refractivity contribution in [3.63, 3.8) is 0 Å². The van der Waals surface area contributed by atoms with E-state index >= 15 is 0 Å². The van der Waals surface area contributed by atoms with E-state index in [0.717, 1.165) is 12.0 Å². The maximum absolute atomic E-state index is 10.0. The van der Waals surface area contributed by atoms with Gasteiger partial charge in [-0.15, -0.1) is 0 Å². The summed E-state index contributed by atoms with van der Waals surface area (Å²) in [7, 11) is 0. The van der Waals surface area contributed by atoms with Crippen LogP contribution in [-0.2, 0) is 0 Å². The summed E-state index contributed by atoms with van der Waals surface area (Å²) < 4.78 is 0. The minimum absolute atomic E-state index is 0.416. The van der Waals surface area contributed by atoms with Crippen molar-refractivity contribution in [3.05, 3.63) is 29.8 Å². The normalized spacial score (nSPS) is 13.1. The van der Waals surface area contributed by atoms with E-state index in [9.17, 15) is 5.11 Å². The summed E-state index contributed by atoms with van der Waals surface area (Å²) in [5.74, 6) is 0.885. The van der Waals surface area contributed by atoms with Gasteiger partial charge in [0.05, 0.1) is 0 Å². The predicted octanol–water partition coefficient (Wildman–Crippen LogP) is 8.22. The summed E-state index contributed by atoms with van der Waals surface area (Å²) >= 11 is 0. The van der Waals surface area contributed by atoms with E-state index in [4.69, 9.17) is 0 Å². The van der Waals surface area contributed by atoms with E-state index in [1.165, 1.54) is 70.6 Å². The molecule has 0 saturated heterocycles. The van der Waals surface area contributed by atoms with Crippen molar-refractivity contribution in [1.82, 2.24) is 0 Å². The third kappa shape index (κ3) is 9.92. The molecule has 0 aliphatic carbocycles. The van der Waals surface area contributed by atoms with Gasteiger partial charge in [0.15, 0.2) is 0 Å². The highest BCUT2D eigenvalue weighted by atomic mass is 16.3. The molecule has 0 spiro atoms. The van der Waals surface area contributed by atoms with Gasteiger partial charge in [-0.2, -0.15) is 0 Å². The Kier molecular flexibility index (Phi) is 10.9. The van der Waals surface area contributed by atoms with Crippen LogP contribution in [-0.4, -0.2) is 5.11 Å². The first-order valence-electron chi connectivity index (χ1n) is 10.7. The Balaban J connectivity index is 2.14. The van der Waals surface area contributed by atoms with Gasteiger partial charge in [-0.25, -0.2) is 0 Å². The highest BCUT2D eigenvalue weighted by Crippen LogP contribution is 2.35. The molecule has 1 rings (SSSR count). The Bertz CT molecular complexity index is 449. The van der Waals surface area contributed by atoms with E-state index in [2.05, 4.69) is 33.8 Å². The molecule has 0 fully saturated rings. The monoisotopic (exact) mass is 346 g/mol. The number of hydrogen-bond donors (Lipinski definition) is 1. The van der Waals surface area contributed by atoms with Crippen molar-refractivity contribution in [2.45, 2.75) is 111 Å². The van der Waals surface area contributed by atoms with Crippen LogP contribution < -0.4 is 0 Å². The van der Waals surface area contributed by atoms with Gasteiger partial charge >= 0.3 is 0 Å². The lowest BCUT2D eigenvalue weighted by Gasteiger charge is -2.26. The molecule has 1 atom stereocenters. The number of hydrogen-bond acceptors (Lipinski definition) is 1. The number of unbranched alkanes of at least 4 members (excludes halogenated alkanes) is 8. The lowest BCUT2D eigenvalue weighted by Crippen LogP contribution is -2.12. The van der Waals surface area contributed by atoms with Gasteiger partial charge in [0.25, 0.3) is 0 Å². The molecule has 1 aromatic rings. The standard InChI is InChI=1S/C24H42O/c1-5-6-7-8-9-10-11-12-15-19-24(3,4)20-18-21(2)22-16-13-14-17-23(22)25/h13-14,16-17,21,25H,5-12,15,18-20H2,1-4H3. The van der Waals surface area contributed by atoms with Gasteiger partial charge in [0.2, 0.25) is 0 Å². The molecule has 0 aliphatic rings. The smallest absolute Gasteiger partial charge is 0.119 e. The molecule has 0 saturated carbocycles. The van der Waals surface area contributed by atoms with Crippen LogP contribution in [0.2, 0.25) is 0 Å². The lowest BCUT2D eigenvalue weighted by atomic mass is 9.79. The summed E-state index contributed by atoms with van der Waals surface area (Å²) in [5, 5.41) is 10.0. The first-order chi connectivity index (χ1) is 12.0. The number of aromatic hydroxyl groups is 1. The quantitative estimate of drug-likeness (QED) is 0.336. The van der Waals surface area contributed by atoms with Crippen molar-refractivity contribution in [2.75, 3.05) is 0 Å². The highest BCUT2D eigenvalue weighted by Gasteiger charge is 2.19. The van der Waals surface area contributed by atoms with Gasteiger partial charge in [0, 0.05) is 0 Å². The van der Waals surface area contributed by atoms with Crippen molar-refractivity contribution >= 4 is 0 Å². The third-order valence-electron chi connectivity index (χ3n) is 5.68. The number of benzene rings is 1. The van der Waals surface area contributed by atoms with E-state index in [1.807, 2.05) is 12.1 Å². The van der Waals surface area contributed by atoms with Crippen molar-refractivity contribution in [2.24, 2.45) is 5.41 Å². The zero-order chi connectivity index (χ0) is 18.5. The zero-order valence-corrected chi connectivity index (χ0v) is 17.3. The molecule has 1 nitrogen and oxygen atoms in total. The number of para-hydroxylation sites is 1. The molecule has 1 N–H and O–H groups in total. The molecule has 0 bridgehead atoms. The first kappa shape index (κ1) is 22.1. The molecular weight excluding hydrogens is 304 g/mol. The maximum atomic E-state index is 10.0. The molecule has 1 unspecified atom stereocenters. The fourth-order valence-electron chi connectivity index (χ4n) is 3.71. The lowest BCUT2D eigenvalue weighted by molar-refractivity contribution is 0.278. The van der Waals surface area contributed by atoms with Gasteiger partial charge in [-0.3, -0.25) is 0 Å². The molecule has 1 heteroatoms. The summed E-state index contributed by atoms with van der Waals surface area (Å²) in [5.41, 5.74) is 1.51. The van der Waals surface area contributed by atoms with E-state index in [-0.39, 0.29) is 0 Å². The van der Waals surface area contributed by atoms with E-state index in [0.29, 0.717) is 17.1 Å². The molecule has 144 valence electrons. The van der Waals surface area contributed by atoms with Crippen LogP contribution in [0.25, 0.3) is 0 Å². The SMILES string of the molecule is CCCCCCCCCCCC(C)(C)CCC(C)c1ccccc1O. The van der Waals surface area contributed by atoms with Gasteiger partial charge in [-0.1, -0.05) is 104 Å². The Morgan fingerprint density at radius 2 is 1.40 bits per heavy atom. The zero-order valence-electron chi connectivity index (χ0n) is 17.3. The van der Waals surface area contributed by atoms with Crippen LogP contribution in [0.5, 0.6) is 5.75 Å². The first-order valence-corrected chi connectivity index (χ1v) is 10.7. The Morgan fingerprint density at radius 3 is 2.00 bits per heavy atom. The summed E-state index contributed by atoms with van der Waals surface area (Å²) in [4.78, 5) is 0. The fourth-order valence-corrected chi connectivity index (χ4v) is 3.71. The average Bonchev–Trinajstić information content (AvgIpc) is 2.59. The number of phenols is 1. The topological polar surface area (TPSA) is 20.2 Å².